The molecule has 0 bridgehead atoms. The van der Waals surface area contributed by atoms with Gasteiger partial charge in [0.1, 0.15) is 5.25 Å². The van der Waals surface area contributed by atoms with Crippen LogP contribution >= 0.6 is 0 Å². The lowest BCUT2D eigenvalue weighted by atomic mass is 10.0. The Morgan fingerprint density at radius 2 is 1.50 bits per heavy atom. The lowest BCUT2D eigenvalue weighted by Gasteiger charge is -2.21. The Kier molecular flexibility index (Phi) is 6.59. The number of carbonyl (C=O) groups is 1. The summed E-state index contributed by atoms with van der Waals surface area (Å²) in [5, 5.41) is -1.07. The second-order valence-corrected chi connectivity index (χ2v) is 9.35. The van der Waals surface area contributed by atoms with Crippen LogP contribution in [0.2, 0.25) is 0 Å². The van der Waals surface area contributed by atoms with E-state index in [1.165, 1.54) is 11.8 Å². The van der Waals surface area contributed by atoms with E-state index in [2.05, 4.69) is 13.8 Å². The largest absolute Gasteiger partial charge is 0.340 e. The van der Waals surface area contributed by atoms with E-state index >= 15 is 0 Å². The summed E-state index contributed by atoms with van der Waals surface area (Å²) in [5.41, 5.74) is 2.84. The van der Waals surface area contributed by atoms with E-state index in [9.17, 15) is 13.2 Å². The van der Waals surface area contributed by atoms with Gasteiger partial charge in [0, 0.05) is 13.6 Å². The summed E-state index contributed by atoms with van der Waals surface area (Å²) in [7, 11) is -1.94. The number of sulfone groups is 1. The highest BCUT2D eigenvalue weighted by atomic mass is 32.2. The third kappa shape index (κ3) is 5.18. The topological polar surface area (TPSA) is 54.5 Å². The normalized spacial score (nSPS) is 12.8. The van der Waals surface area contributed by atoms with Crippen molar-refractivity contribution in [1.82, 2.24) is 4.90 Å². The summed E-state index contributed by atoms with van der Waals surface area (Å²) >= 11 is 0. The maximum atomic E-state index is 12.7. The summed E-state index contributed by atoms with van der Waals surface area (Å²) in [6, 6.07) is 17.1. The van der Waals surface area contributed by atoms with Crippen LogP contribution in [0.25, 0.3) is 0 Å². The lowest BCUT2D eigenvalue weighted by molar-refractivity contribution is -0.129. The maximum Gasteiger partial charge on any atom is 0.240 e. The number of rotatable bonds is 7. The summed E-state index contributed by atoms with van der Waals surface area (Å²) in [6.45, 7) is 6.05. The minimum atomic E-state index is -3.57. The molecule has 26 heavy (non-hydrogen) atoms. The average molecular weight is 374 g/mol. The zero-order valence-electron chi connectivity index (χ0n) is 15.8. The monoisotopic (exact) mass is 373 g/mol. The number of carbonyl (C=O) groups excluding carboxylic acids is 1. The van der Waals surface area contributed by atoms with Crippen LogP contribution in [0.5, 0.6) is 0 Å². The molecule has 2 aromatic carbocycles. The van der Waals surface area contributed by atoms with Crippen molar-refractivity contribution in [1.29, 1.82) is 0 Å². The minimum Gasteiger partial charge on any atom is -0.340 e. The molecule has 0 aromatic heterocycles. The fourth-order valence-corrected chi connectivity index (χ4v) is 4.15. The third-order valence-corrected chi connectivity index (χ3v) is 6.55. The molecule has 1 atom stereocenters. The number of nitrogens with zero attached hydrogens (tertiary/aromatic N) is 1. The van der Waals surface area contributed by atoms with Gasteiger partial charge in [-0.05, 0) is 29.5 Å². The molecule has 0 aliphatic rings. The first-order valence-electron chi connectivity index (χ1n) is 8.80. The molecule has 0 saturated heterocycles. The maximum absolute atomic E-state index is 12.7. The van der Waals surface area contributed by atoms with Gasteiger partial charge in [0.05, 0.1) is 5.75 Å². The summed E-state index contributed by atoms with van der Waals surface area (Å²) < 4.78 is 25.3. The second kappa shape index (κ2) is 8.49. The van der Waals surface area contributed by atoms with Gasteiger partial charge in [0.2, 0.25) is 5.91 Å². The standard InChI is InChI=1S/C21H27NO3S/c1-16(2)20-12-10-19(11-13-20)15-26(24,25)17(3)21(23)22(4)14-18-8-6-5-7-9-18/h5-13,16-17H,14-15H2,1-4H3/t17-/m1/s1. The van der Waals surface area contributed by atoms with Crippen molar-refractivity contribution in [2.24, 2.45) is 0 Å². The van der Waals surface area contributed by atoms with Crippen molar-refractivity contribution in [3.8, 4) is 0 Å². The van der Waals surface area contributed by atoms with Crippen molar-refractivity contribution in [3.05, 3.63) is 71.3 Å². The van der Waals surface area contributed by atoms with Gasteiger partial charge in [-0.2, -0.15) is 0 Å². The number of hydrogen-bond acceptors (Lipinski definition) is 3. The molecule has 0 unspecified atom stereocenters. The second-order valence-electron chi connectivity index (χ2n) is 7.03. The first kappa shape index (κ1) is 20.2. The van der Waals surface area contributed by atoms with E-state index < -0.39 is 15.1 Å². The Morgan fingerprint density at radius 1 is 0.923 bits per heavy atom. The molecule has 0 aliphatic carbocycles. The molecule has 0 saturated carbocycles. The summed E-state index contributed by atoms with van der Waals surface area (Å²) in [6.07, 6.45) is 0. The third-order valence-electron chi connectivity index (χ3n) is 4.54. The fraction of sp³-hybridized carbons (Fsp3) is 0.381. The molecule has 2 rings (SSSR count). The van der Waals surface area contributed by atoms with Gasteiger partial charge < -0.3 is 4.90 Å². The summed E-state index contributed by atoms with van der Waals surface area (Å²) in [4.78, 5) is 14.0. The predicted molar refractivity (Wildman–Crippen MR) is 106 cm³/mol. The van der Waals surface area contributed by atoms with Gasteiger partial charge in [-0.3, -0.25) is 4.79 Å². The van der Waals surface area contributed by atoms with Gasteiger partial charge >= 0.3 is 0 Å². The summed E-state index contributed by atoms with van der Waals surface area (Å²) in [5.74, 6) is -0.113. The molecule has 0 fully saturated rings. The van der Waals surface area contributed by atoms with Gasteiger partial charge in [-0.25, -0.2) is 8.42 Å². The highest BCUT2D eigenvalue weighted by molar-refractivity contribution is 7.92. The molecular weight excluding hydrogens is 346 g/mol. The predicted octanol–water partition coefficient (Wildman–Crippen LogP) is 3.77. The van der Waals surface area contributed by atoms with Crippen LogP contribution in [-0.4, -0.2) is 31.5 Å². The number of benzene rings is 2. The van der Waals surface area contributed by atoms with Crippen molar-refractivity contribution < 1.29 is 13.2 Å². The van der Waals surface area contributed by atoms with Gasteiger partial charge in [-0.15, -0.1) is 0 Å². The molecule has 140 valence electrons. The van der Waals surface area contributed by atoms with Crippen LogP contribution < -0.4 is 0 Å². The van der Waals surface area contributed by atoms with Crippen LogP contribution in [0.3, 0.4) is 0 Å². The average Bonchev–Trinajstić information content (AvgIpc) is 2.61. The first-order chi connectivity index (χ1) is 12.2. The van der Waals surface area contributed by atoms with Gasteiger partial charge in [-0.1, -0.05) is 68.4 Å². The van der Waals surface area contributed by atoms with Crippen molar-refractivity contribution in [2.45, 2.75) is 44.2 Å². The molecule has 0 N–H and O–H groups in total. The molecule has 1 amide bonds. The van der Waals surface area contributed by atoms with Gasteiger partial charge in [0.25, 0.3) is 0 Å². The van der Waals surface area contributed by atoms with Crippen LogP contribution in [-0.2, 0) is 26.9 Å². The Bertz CT molecular complexity index is 827. The first-order valence-corrected chi connectivity index (χ1v) is 10.5. The van der Waals surface area contributed by atoms with E-state index in [0.717, 1.165) is 11.1 Å². The van der Waals surface area contributed by atoms with Crippen LogP contribution in [0, 0.1) is 0 Å². The van der Waals surface area contributed by atoms with E-state index in [1.54, 1.807) is 7.05 Å². The molecule has 2 aromatic rings. The highest BCUT2D eigenvalue weighted by Crippen LogP contribution is 2.18. The van der Waals surface area contributed by atoms with Crippen molar-refractivity contribution >= 4 is 15.7 Å². The number of hydrogen-bond donors (Lipinski definition) is 0. The highest BCUT2D eigenvalue weighted by Gasteiger charge is 2.30. The Hall–Kier alpha value is -2.14. The Labute approximate surface area is 156 Å². The van der Waals surface area contributed by atoms with E-state index in [-0.39, 0.29) is 11.7 Å². The smallest absolute Gasteiger partial charge is 0.240 e. The Morgan fingerprint density at radius 3 is 2.04 bits per heavy atom. The zero-order chi connectivity index (χ0) is 19.3. The van der Waals surface area contributed by atoms with Crippen LogP contribution in [0.1, 0.15) is 43.4 Å². The number of amides is 1. The SMILES string of the molecule is CC(C)c1ccc(CS(=O)(=O)[C@H](C)C(=O)N(C)Cc2ccccc2)cc1. The fourth-order valence-electron chi connectivity index (χ4n) is 2.76. The van der Waals surface area contributed by atoms with Gasteiger partial charge in [0.15, 0.2) is 9.84 Å². The molecule has 4 nitrogen and oxygen atoms in total. The van der Waals surface area contributed by atoms with Crippen LogP contribution in [0.4, 0.5) is 0 Å². The molecule has 5 heteroatoms. The van der Waals surface area contributed by atoms with E-state index in [4.69, 9.17) is 0 Å². The van der Waals surface area contributed by atoms with E-state index in [0.29, 0.717) is 18.0 Å². The quantitative estimate of drug-likeness (QED) is 0.742. The van der Waals surface area contributed by atoms with Crippen LogP contribution in [0.15, 0.2) is 54.6 Å². The van der Waals surface area contributed by atoms with Crippen molar-refractivity contribution in [2.75, 3.05) is 7.05 Å². The minimum absolute atomic E-state index is 0.128. The van der Waals surface area contributed by atoms with E-state index in [1.807, 2.05) is 54.6 Å². The Balaban J connectivity index is 2.05. The molecular formula is C21H27NO3S. The zero-order valence-corrected chi connectivity index (χ0v) is 16.7. The molecule has 0 radical (unpaired) electrons. The van der Waals surface area contributed by atoms with Crippen molar-refractivity contribution in [3.63, 3.8) is 0 Å². The molecule has 0 aliphatic heterocycles. The molecule has 0 spiro atoms. The lowest BCUT2D eigenvalue weighted by Crippen LogP contribution is -2.39. The molecule has 0 heterocycles.